The van der Waals surface area contributed by atoms with Gasteiger partial charge in [0.1, 0.15) is 0 Å². The summed E-state index contributed by atoms with van der Waals surface area (Å²) < 4.78 is 5.81. The fourth-order valence-electron chi connectivity index (χ4n) is 1.89. The largest absolute Gasteiger partial charge is 0.444 e. The van der Waals surface area contributed by atoms with Gasteiger partial charge in [-0.05, 0) is 47.0 Å². The van der Waals surface area contributed by atoms with Crippen LogP contribution >= 0.6 is 15.9 Å². The molecule has 2 rings (SSSR count). The fourth-order valence-corrected chi connectivity index (χ4v) is 2.19. The Hall–Kier alpha value is -1.55. The van der Waals surface area contributed by atoms with Gasteiger partial charge in [-0.15, -0.1) is 0 Å². The topological polar surface area (TPSA) is 42.2 Å². The number of hydrogen-bond acceptors (Lipinski definition) is 2. The number of hydrogen-bond donors (Lipinski definition) is 1. The van der Waals surface area contributed by atoms with Crippen molar-refractivity contribution in [2.24, 2.45) is 0 Å². The van der Waals surface area contributed by atoms with Gasteiger partial charge in [0.05, 0.1) is 6.04 Å². The van der Waals surface area contributed by atoms with Crippen molar-refractivity contribution >= 4 is 21.8 Å². The SMILES string of the molecule is CC[C@H](NC(=O)c1ccc(Br)o1)c1ccc(C)cc1. The van der Waals surface area contributed by atoms with Gasteiger partial charge in [0.2, 0.25) is 0 Å². The second kappa shape index (κ2) is 6.06. The summed E-state index contributed by atoms with van der Waals surface area (Å²) in [5.41, 5.74) is 2.31. The van der Waals surface area contributed by atoms with Crippen LogP contribution in [0, 0.1) is 6.92 Å². The number of amides is 1. The molecule has 100 valence electrons. The lowest BCUT2D eigenvalue weighted by molar-refractivity contribution is 0.0906. The van der Waals surface area contributed by atoms with E-state index in [2.05, 4.69) is 21.2 Å². The fraction of sp³-hybridized carbons (Fsp3) is 0.267. The zero-order chi connectivity index (χ0) is 13.8. The molecule has 1 heterocycles. The molecule has 0 radical (unpaired) electrons. The van der Waals surface area contributed by atoms with Gasteiger partial charge >= 0.3 is 0 Å². The maximum atomic E-state index is 12.0. The van der Waals surface area contributed by atoms with E-state index in [1.54, 1.807) is 12.1 Å². The second-order valence-electron chi connectivity index (χ2n) is 4.45. The zero-order valence-corrected chi connectivity index (χ0v) is 12.5. The van der Waals surface area contributed by atoms with Crippen molar-refractivity contribution in [3.05, 3.63) is 58.0 Å². The average molecular weight is 322 g/mol. The zero-order valence-electron chi connectivity index (χ0n) is 10.9. The van der Waals surface area contributed by atoms with Gasteiger partial charge in [-0.25, -0.2) is 0 Å². The first-order chi connectivity index (χ1) is 9.10. The number of carbonyl (C=O) groups excluding carboxylic acids is 1. The number of rotatable bonds is 4. The lowest BCUT2D eigenvalue weighted by Gasteiger charge is -2.16. The van der Waals surface area contributed by atoms with E-state index >= 15 is 0 Å². The summed E-state index contributed by atoms with van der Waals surface area (Å²) in [5, 5.41) is 2.98. The molecule has 19 heavy (non-hydrogen) atoms. The lowest BCUT2D eigenvalue weighted by Crippen LogP contribution is -2.27. The lowest BCUT2D eigenvalue weighted by atomic mass is 10.0. The summed E-state index contributed by atoms with van der Waals surface area (Å²) in [7, 11) is 0. The van der Waals surface area contributed by atoms with Crippen molar-refractivity contribution < 1.29 is 9.21 Å². The van der Waals surface area contributed by atoms with Crippen molar-refractivity contribution in [1.82, 2.24) is 5.32 Å². The third-order valence-electron chi connectivity index (χ3n) is 2.99. The van der Waals surface area contributed by atoms with E-state index in [1.807, 2.05) is 38.1 Å². The van der Waals surface area contributed by atoms with Crippen LogP contribution in [0.1, 0.15) is 41.1 Å². The van der Waals surface area contributed by atoms with Crippen LogP contribution < -0.4 is 5.32 Å². The number of halogens is 1. The van der Waals surface area contributed by atoms with Gasteiger partial charge < -0.3 is 9.73 Å². The van der Waals surface area contributed by atoms with E-state index in [0.717, 1.165) is 12.0 Å². The van der Waals surface area contributed by atoms with E-state index in [0.29, 0.717) is 10.4 Å². The molecule has 4 heteroatoms. The predicted molar refractivity (Wildman–Crippen MR) is 78.1 cm³/mol. The summed E-state index contributed by atoms with van der Waals surface area (Å²) in [6.45, 7) is 4.09. The molecule has 1 N–H and O–H groups in total. The molecular weight excluding hydrogens is 306 g/mol. The minimum Gasteiger partial charge on any atom is -0.444 e. The smallest absolute Gasteiger partial charge is 0.287 e. The van der Waals surface area contributed by atoms with Gasteiger partial charge in [0.15, 0.2) is 10.4 Å². The van der Waals surface area contributed by atoms with E-state index < -0.39 is 0 Å². The summed E-state index contributed by atoms with van der Waals surface area (Å²) in [6, 6.07) is 11.5. The Morgan fingerprint density at radius 3 is 2.47 bits per heavy atom. The molecule has 0 saturated carbocycles. The van der Waals surface area contributed by atoms with Crippen LogP contribution in [-0.4, -0.2) is 5.91 Å². The second-order valence-corrected chi connectivity index (χ2v) is 5.23. The Labute approximate surface area is 121 Å². The molecule has 1 atom stereocenters. The molecule has 0 unspecified atom stereocenters. The van der Waals surface area contributed by atoms with Gasteiger partial charge in [-0.2, -0.15) is 0 Å². The van der Waals surface area contributed by atoms with Crippen LogP contribution in [0.2, 0.25) is 0 Å². The van der Waals surface area contributed by atoms with E-state index in [4.69, 9.17) is 4.42 Å². The number of nitrogens with one attached hydrogen (secondary N) is 1. The van der Waals surface area contributed by atoms with Crippen LogP contribution in [0.5, 0.6) is 0 Å². The maximum absolute atomic E-state index is 12.0. The van der Waals surface area contributed by atoms with Crippen LogP contribution in [-0.2, 0) is 0 Å². The number of carbonyl (C=O) groups is 1. The van der Waals surface area contributed by atoms with Crippen LogP contribution in [0.4, 0.5) is 0 Å². The third-order valence-corrected chi connectivity index (χ3v) is 3.42. The van der Waals surface area contributed by atoms with Crippen LogP contribution in [0.3, 0.4) is 0 Å². The monoisotopic (exact) mass is 321 g/mol. The molecular formula is C15H16BrNO2. The summed E-state index contributed by atoms with van der Waals surface area (Å²) >= 11 is 3.19. The van der Waals surface area contributed by atoms with Crippen molar-refractivity contribution in [2.45, 2.75) is 26.3 Å². The molecule has 1 amide bonds. The van der Waals surface area contributed by atoms with E-state index in [1.165, 1.54) is 5.56 Å². The summed E-state index contributed by atoms with van der Waals surface area (Å²) in [6.07, 6.45) is 0.830. The van der Waals surface area contributed by atoms with Gasteiger partial charge in [-0.3, -0.25) is 4.79 Å². The Bertz CT molecular complexity index is 560. The minimum absolute atomic E-state index is 0.00280. The summed E-state index contributed by atoms with van der Waals surface area (Å²) in [5.74, 6) is 0.121. The van der Waals surface area contributed by atoms with E-state index in [9.17, 15) is 4.79 Å². The molecule has 0 fully saturated rings. The highest BCUT2D eigenvalue weighted by atomic mass is 79.9. The molecule has 0 aliphatic carbocycles. The maximum Gasteiger partial charge on any atom is 0.287 e. The summed E-state index contributed by atoms with van der Waals surface area (Å²) in [4.78, 5) is 12.0. The minimum atomic E-state index is -0.196. The highest BCUT2D eigenvalue weighted by Crippen LogP contribution is 2.19. The molecule has 0 aliphatic rings. The van der Waals surface area contributed by atoms with E-state index in [-0.39, 0.29) is 11.9 Å². The van der Waals surface area contributed by atoms with Gasteiger partial charge in [-0.1, -0.05) is 36.8 Å². The van der Waals surface area contributed by atoms with Crippen molar-refractivity contribution in [2.75, 3.05) is 0 Å². The number of furan rings is 1. The Kier molecular flexibility index (Phi) is 4.43. The van der Waals surface area contributed by atoms with Crippen LogP contribution in [0.15, 0.2) is 45.5 Å². The Morgan fingerprint density at radius 2 is 1.95 bits per heavy atom. The standard InChI is InChI=1S/C15H16BrNO2/c1-3-12(11-6-4-10(2)5-7-11)17-15(18)13-8-9-14(16)19-13/h4-9,12H,3H2,1-2H3,(H,17,18)/t12-/m0/s1. The third kappa shape index (κ3) is 3.47. The number of aryl methyl sites for hydroxylation is 1. The van der Waals surface area contributed by atoms with Gasteiger partial charge in [0, 0.05) is 0 Å². The van der Waals surface area contributed by atoms with Crippen molar-refractivity contribution in [3.8, 4) is 0 Å². The molecule has 0 aliphatic heterocycles. The highest BCUT2D eigenvalue weighted by molar-refractivity contribution is 9.10. The Balaban J connectivity index is 2.11. The molecule has 2 aromatic rings. The molecule has 1 aromatic carbocycles. The van der Waals surface area contributed by atoms with Crippen molar-refractivity contribution in [3.63, 3.8) is 0 Å². The average Bonchev–Trinajstić information content (AvgIpc) is 2.84. The first kappa shape index (κ1) is 13.9. The predicted octanol–water partition coefficient (Wildman–Crippen LogP) is 4.23. The van der Waals surface area contributed by atoms with Crippen LogP contribution in [0.25, 0.3) is 0 Å². The Morgan fingerprint density at radius 1 is 1.26 bits per heavy atom. The first-order valence-corrected chi connectivity index (χ1v) is 7.02. The molecule has 3 nitrogen and oxygen atoms in total. The van der Waals surface area contributed by atoms with Gasteiger partial charge in [0.25, 0.3) is 5.91 Å². The highest BCUT2D eigenvalue weighted by Gasteiger charge is 2.16. The molecule has 1 aromatic heterocycles. The molecule has 0 saturated heterocycles. The first-order valence-electron chi connectivity index (χ1n) is 6.23. The van der Waals surface area contributed by atoms with Crippen molar-refractivity contribution in [1.29, 1.82) is 0 Å². The number of benzene rings is 1. The quantitative estimate of drug-likeness (QED) is 0.915. The molecule has 0 spiro atoms. The normalized spacial score (nSPS) is 12.2. The molecule has 0 bridgehead atoms.